The van der Waals surface area contributed by atoms with Crippen LogP contribution in [0.1, 0.15) is 28.9 Å². The van der Waals surface area contributed by atoms with E-state index < -0.39 is 24.3 Å². The largest absolute Gasteiger partial charge is 0.452 e. The van der Waals surface area contributed by atoms with Crippen molar-refractivity contribution in [3.05, 3.63) is 69.5 Å². The summed E-state index contributed by atoms with van der Waals surface area (Å²) in [6.07, 6.45) is 0. The van der Waals surface area contributed by atoms with Crippen molar-refractivity contribution in [1.29, 1.82) is 0 Å². The van der Waals surface area contributed by atoms with E-state index in [1.165, 1.54) is 18.2 Å². The zero-order valence-electron chi connectivity index (χ0n) is 12.7. The molecule has 0 saturated carbocycles. The van der Waals surface area contributed by atoms with Crippen LogP contribution in [-0.4, -0.2) is 18.5 Å². The Morgan fingerprint density at radius 3 is 2.58 bits per heavy atom. The van der Waals surface area contributed by atoms with Crippen LogP contribution in [0, 0.1) is 5.82 Å². The highest BCUT2D eigenvalue weighted by Crippen LogP contribution is 2.25. The van der Waals surface area contributed by atoms with Gasteiger partial charge in [0.1, 0.15) is 5.82 Å². The fraction of sp³-hybridized carbons (Fsp3) is 0.176. The van der Waals surface area contributed by atoms with Gasteiger partial charge in [-0.15, -0.1) is 0 Å². The summed E-state index contributed by atoms with van der Waals surface area (Å²) in [7, 11) is 0. The summed E-state index contributed by atoms with van der Waals surface area (Å²) < 4.78 is 17.9. The second kappa shape index (κ2) is 8.13. The second-order valence-corrected chi connectivity index (χ2v) is 5.86. The van der Waals surface area contributed by atoms with E-state index in [4.69, 9.17) is 27.9 Å². The van der Waals surface area contributed by atoms with E-state index in [-0.39, 0.29) is 11.6 Å². The molecule has 0 aromatic heterocycles. The number of hydrogen-bond acceptors (Lipinski definition) is 3. The number of ether oxygens (including phenoxy) is 1. The van der Waals surface area contributed by atoms with Gasteiger partial charge in [-0.3, -0.25) is 4.79 Å². The maximum Gasteiger partial charge on any atom is 0.338 e. The van der Waals surface area contributed by atoms with Crippen LogP contribution < -0.4 is 5.32 Å². The summed E-state index contributed by atoms with van der Waals surface area (Å²) in [6, 6.07) is 9.71. The van der Waals surface area contributed by atoms with Gasteiger partial charge < -0.3 is 10.1 Å². The molecule has 0 aliphatic heterocycles. The monoisotopic (exact) mass is 369 g/mol. The van der Waals surface area contributed by atoms with Gasteiger partial charge >= 0.3 is 5.97 Å². The normalized spacial score (nSPS) is 11.7. The van der Waals surface area contributed by atoms with Gasteiger partial charge in [0, 0.05) is 0 Å². The highest BCUT2D eigenvalue weighted by Gasteiger charge is 2.14. The molecule has 2 rings (SSSR count). The zero-order valence-corrected chi connectivity index (χ0v) is 14.2. The van der Waals surface area contributed by atoms with Crippen LogP contribution in [0.3, 0.4) is 0 Å². The summed E-state index contributed by atoms with van der Waals surface area (Å²) in [6.45, 7) is 1.28. The van der Waals surface area contributed by atoms with E-state index in [0.717, 1.165) is 11.6 Å². The lowest BCUT2D eigenvalue weighted by atomic mass is 10.1. The number of esters is 1. The second-order valence-electron chi connectivity index (χ2n) is 5.05. The number of benzene rings is 2. The fourth-order valence-corrected chi connectivity index (χ4v) is 2.28. The van der Waals surface area contributed by atoms with Crippen LogP contribution in [0.15, 0.2) is 42.5 Å². The van der Waals surface area contributed by atoms with E-state index in [2.05, 4.69) is 5.32 Å². The molecule has 0 aliphatic rings. The average Bonchev–Trinajstić information content (AvgIpc) is 2.55. The number of hydrogen-bond donors (Lipinski definition) is 1. The topological polar surface area (TPSA) is 55.4 Å². The molecule has 0 heterocycles. The maximum absolute atomic E-state index is 13.0. The minimum atomic E-state index is -0.771. The average molecular weight is 370 g/mol. The molecule has 1 atom stereocenters. The van der Waals surface area contributed by atoms with Crippen molar-refractivity contribution in [2.75, 3.05) is 6.61 Å². The van der Waals surface area contributed by atoms with Gasteiger partial charge in [-0.1, -0.05) is 35.3 Å². The minimum absolute atomic E-state index is 0.0420. The van der Waals surface area contributed by atoms with Crippen LogP contribution in [0.5, 0.6) is 0 Å². The van der Waals surface area contributed by atoms with Crippen LogP contribution in [-0.2, 0) is 9.53 Å². The van der Waals surface area contributed by atoms with Crippen LogP contribution >= 0.6 is 23.2 Å². The van der Waals surface area contributed by atoms with Gasteiger partial charge in [-0.05, 0) is 42.8 Å². The molecule has 24 heavy (non-hydrogen) atoms. The van der Waals surface area contributed by atoms with Crippen molar-refractivity contribution < 1.29 is 18.7 Å². The van der Waals surface area contributed by atoms with Crippen molar-refractivity contribution in [1.82, 2.24) is 5.32 Å². The van der Waals surface area contributed by atoms with E-state index >= 15 is 0 Å². The molecule has 126 valence electrons. The number of halogens is 3. The molecule has 0 bridgehead atoms. The highest BCUT2D eigenvalue weighted by molar-refractivity contribution is 6.42. The maximum atomic E-state index is 13.0. The fourth-order valence-electron chi connectivity index (χ4n) is 1.98. The lowest BCUT2D eigenvalue weighted by Gasteiger charge is -2.15. The molecule has 1 N–H and O–H groups in total. The number of amides is 1. The first-order valence-corrected chi connectivity index (χ1v) is 7.79. The van der Waals surface area contributed by atoms with Crippen molar-refractivity contribution >= 4 is 35.1 Å². The number of rotatable bonds is 5. The predicted molar refractivity (Wildman–Crippen MR) is 89.7 cm³/mol. The van der Waals surface area contributed by atoms with Crippen molar-refractivity contribution in [3.8, 4) is 0 Å². The summed E-state index contributed by atoms with van der Waals surface area (Å²) in [5, 5.41) is 3.47. The number of nitrogens with one attached hydrogen (secondary N) is 1. The molecule has 2 aromatic carbocycles. The zero-order chi connectivity index (χ0) is 17.7. The van der Waals surface area contributed by atoms with E-state index in [1.54, 1.807) is 25.1 Å². The lowest BCUT2D eigenvalue weighted by molar-refractivity contribution is -0.124. The number of carbonyl (C=O) groups excluding carboxylic acids is 2. The van der Waals surface area contributed by atoms with Gasteiger partial charge in [0.2, 0.25) is 0 Å². The summed E-state index contributed by atoms with van der Waals surface area (Å²) in [5.41, 5.74) is 0.800. The van der Waals surface area contributed by atoms with Crippen molar-refractivity contribution in [2.45, 2.75) is 13.0 Å². The van der Waals surface area contributed by atoms with E-state index in [9.17, 15) is 14.0 Å². The Morgan fingerprint density at radius 1 is 1.17 bits per heavy atom. The van der Waals surface area contributed by atoms with Gasteiger partial charge in [0.05, 0.1) is 21.7 Å². The smallest absolute Gasteiger partial charge is 0.338 e. The van der Waals surface area contributed by atoms with Crippen molar-refractivity contribution in [2.24, 2.45) is 0 Å². The molecule has 4 nitrogen and oxygen atoms in total. The third kappa shape index (κ3) is 4.94. The lowest BCUT2D eigenvalue weighted by Crippen LogP contribution is -2.31. The molecule has 1 unspecified atom stereocenters. The predicted octanol–water partition coefficient (Wildman–Crippen LogP) is 4.17. The Balaban J connectivity index is 1.88. The van der Waals surface area contributed by atoms with Crippen LogP contribution in [0.4, 0.5) is 4.39 Å². The summed E-state index contributed by atoms with van der Waals surface area (Å²) in [5.74, 6) is -1.81. The molecule has 0 spiro atoms. The first-order valence-electron chi connectivity index (χ1n) is 7.04. The third-order valence-corrected chi connectivity index (χ3v) is 3.95. The molecular weight excluding hydrogens is 356 g/mol. The molecule has 0 saturated heterocycles. The Labute approximate surface area is 148 Å². The molecule has 0 radical (unpaired) electrons. The third-order valence-electron chi connectivity index (χ3n) is 3.22. The van der Waals surface area contributed by atoms with Gasteiger partial charge in [0.15, 0.2) is 6.61 Å². The number of carbonyl (C=O) groups is 2. The van der Waals surface area contributed by atoms with E-state index in [1.807, 2.05) is 0 Å². The Hall–Kier alpha value is -2.11. The highest BCUT2D eigenvalue weighted by atomic mass is 35.5. The SMILES string of the molecule is CC(NC(=O)COC(=O)c1cccc(F)c1)c1ccc(Cl)c(Cl)c1. The first-order chi connectivity index (χ1) is 11.4. The molecule has 1 amide bonds. The van der Waals surface area contributed by atoms with Crippen molar-refractivity contribution in [3.63, 3.8) is 0 Å². The Morgan fingerprint density at radius 2 is 1.92 bits per heavy atom. The minimum Gasteiger partial charge on any atom is -0.452 e. The van der Waals surface area contributed by atoms with Crippen LogP contribution in [0.2, 0.25) is 10.0 Å². The van der Waals surface area contributed by atoms with Gasteiger partial charge in [-0.25, -0.2) is 9.18 Å². The Kier molecular flexibility index (Phi) is 6.17. The summed E-state index contributed by atoms with van der Waals surface area (Å²) in [4.78, 5) is 23.6. The molecule has 0 fully saturated rings. The molecule has 2 aromatic rings. The van der Waals surface area contributed by atoms with E-state index in [0.29, 0.717) is 10.0 Å². The Bertz CT molecular complexity index is 767. The quantitative estimate of drug-likeness (QED) is 0.804. The first kappa shape index (κ1) is 18.2. The van der Waals surface area contributed by atoms with Crippen LogP contribution in [0.25, 0.3) is 0 Å². The van der Waals surface area contributed by atoms with Gasteiger partial charge in [0.25, 0.3) is 5.91 Å². The molecule has 0 aliphatic carbocycles. The summed E-state index contributed by atoms with van der Waals surface area (Å²) >= 11 is 11.8. The standard InChI is InChI=1S/C17H14Cl2FNO3/c1-10(11-5-6-14(18)15(19)8-11)21-16(22)9-24-17(23)12-3-2-4-13(20)7-12/h2-8,10H,9H2,1H3,(H,21,22). The van der Waals surface area contributed by atoms with Gasteiger partial charge in [-0.2, -0.15) is 0 Å². The molecule has 7 heteroatoms. The molecular formula is C17H14Cl2FNO3.